The molecule has 0 aliphatic heterocycles. The molecule has 5 heteroatoms. The Bertz CT molecular complexity index is 412. The molecule has 0 bridgehead atoms. The average molecular weight is 288 g/mol. The Morgan fingerprint density at radius 2 is 2.28 bits per heavy atom. The predicted molar refractivity (Wildman–Crippen MR) is 78.4 cm³/mol. The standard InChI is InChI=1S/C13H18ClNO2S/c1-9-3-4-11(7-12(9)14)15-13(17)8-18-10(2)5-6-16/h3-4,7,10,16H,5-6,8H2,1-2H3,(H,15,17). The molecule has 1 aromatic carbocycles. The highest BCUT2D eigenvalue weighted by Gasteiger charge is 2.07. The molecule has 0 saturated heterocycles. The summed E-state index contributed by atoms with van der Waals surface area (Å²) in [6.07, 6.45) is 0.703. The molecule has 0 saturated carbocycles. The third kappa shape index (κ3) is 5.29. The van der Waals surface area contributed by atoms with Crippen LogP contribution in [0.3, 0.4) is 0 Å². The van der Waals surface area contributed by atoms with Crippen LogP contribution in [0, 0.1) is 6.92 Å². The summed E-state index contributed by atoms with van der Waals surface area (Å²) in [5.41, 5.74) is 1.70. The van der Waals surface area contributed by atoms with E-state index in [2.05, 4.69) is 5.32 Å². The molecule has 0 aliphatic carbocycles. The quantitative estimate of drug-likeness (QED) is 0.845. The van der Waals surface area contributed by atoms with Gasteiger partial charge in [-0.1, -0.05) is 24.6 Å². The number of aryl methyl sites for hydroxylation is 1. The zero-order chi connectivity index (χ0) is 13.5. The van der Waals surface area contributed by atoms with Crippen molar-refractivity contribution in [1.82, 2.24) is 0 Å². The summed E-state index contributed by atoms with van der Waals surface area (Å²) in [6.45, 7) is 4.07. The maximum Gasteiger partial charge on any atom is 0.234 e. The molecule has 0 aliphatic rings. The molecule has 1 unspecified atom stereocenters. The zero-order valence-electron chi connectivity index (χ0n) is 10.6. The number of hydrogen-bond acceptors (Lipinski definition) is 3. The van der Waals surface area contributed by atoms with Crippen molar-refractivity contribution >= 4 is 35.0 Å². The molecule has 3 nitrogen and oxygen atoms in total. The van der Waals surface area contributed by atoms with Crippen molar-refractivity contribution in [3.8, 4) is 0 Å². The number of aliphatic hydroxyl groups excluding tert-OH is 1. The van der Waals surface area contributed by atoms with E-state index in [1.54, 1.807) is 6.07 Å². The zero-order valence-corrected chi connectivity index (χ0v) is 12.1. The normalized spacial score (nSPS) is 12.2. The molecule has 0 aromatic heterocycles. The van der Waals surface area contributed by atoms with Crippen LogP contribution < -0.4 is 5.32 Å². The molecule has 1 atom stereocenters. The first-order valence-electron chi connectivity index (χ1n) is 5.81. The van der Waals surface area contributed by atoms with E-state index in [0.29, 0.717) is 22.9 Å². The summed E-state index contributed by atoms with van der Waals surface area (Å²) in [5.74, 6) is 0.330. The van der Waals surface area contributed by atoms with Crippen LogP contribution in [0.2, 0.25) is 5.02 Å². The van der Waals surface area contributed by atoms with Gasteiger partial charge in [-0.3, -0.25) is 4.79 Å². The Morgan fingerprint density at radius 1 is 1.56 bits per heavy atom. The Labute approximate surface area is 117 Å². The van der Waals surface area contributed by atoms with Crippen LogP contribution in [0.1, 0.15) is 18.9 Å². The van der Waals surface area contributed by atoms with Crippen LogP contribution in [-0.2, 0) is 4.79 Å². The number of halogens is 1. The van der Waals surface area contributed by atoms with E-state index in [9.17, 15) is 4.79 Å². The number of anilines is 1. The van der Waals surface area contributed by atoms with Crippen LogP contribution in [-0.4, -0.2) is 28.6 Å². The van der Waals surface area contributed by atoms with Crippen LogP contribution in [0.15, 0.2) is 18.2 Å². The van der Waals surface area contributed by atoms with Gasteiger partial charge in [0.2, 0.25) is 5.91 Å². The highest BCUT2D eigenvalue weighted by atomic mass is 35.5. The lowest BCUT2D eigenvalue weighted by atomic mass is 10.2. The minimum atomic E-state index is -0.0512. The van der Waals surface area contributed by atoms with Gasteiger partial charge in [0.25, 0.3) is 0 Å². The fraction of sp³-hybridized carbons (Fsp3) is 0.462. The maximum atomic E-state index is 11.7. The minimum Gasteiger partial charge on any atom is -0.396 e. The van der Waals surface area contributed by atoms with Gasteiger partial charge < -0.3 is 10.4 Å². The van der Waals surface area contributed by atoms with E-state index in [1.165, 1.54) is 11.8 Å². The molecule has 1 rings (SSSR count). The second-order valence-electron chi connectivity index (χ2n) is 4.15. The van der Waals surface area contributed by atoms with E-state index < -0.39 is 0 Å². The van der Waals surface area contributed by atoms with Gasteiger partial charge in [-0.2, -0.15) is 0 Å². The van der Waals surface area contributed by atoms with E-state index in [4.69, 9.17) is 16.7 Å². The molecule has 0 heterocycles. The van der Waals surface area contributed by atoms with Gasteiger partial charge in [0.1, 0.15) is 0 Å². The van der Waals surface area contributed by atoms with E-state index in [0.717, 1.165) is 5.56 Å². The predicted octanol–water partition coefficient (Wildman–Crippen LogP) is 3.09. The van der Waals surface area contributed by atoms with E-state index in [-0.39, 0.29) is 17.8 Å². The maximum absolute atomic E-state index is 11.7. The molecular weight excluding hydrogens is 270 g/mol. The van der Waals surface area contributed by atoms with Crippen molar-refractivity contribution < 1.29 is 9.90 Å². The number of aliphatic hydroxyl groups is 1. The molecule has 0 fully saturated rings. The number of amides is 1. The van der Waals surface area contributed by atoms with Crippen molar-refractivity contribution in [3.63, 3.8) is 0 Å². The number of thioether (sulfide) groups is 1. The summed E-state index contributed by atoms with van der Waals surface area (Å²) >= 11 is 7.51. The number of carbonyl (C=O) groups is 1. The van der Waals surface area contributed by atoms with Crippen LogP contribution in [0.4, 0.5) is 5.69 Å². The molecular formula is C13H18ClNO2S. The SMILES string of the molecule is Cc1ccc(NC(=O)CSC(C)CCO)cc1Cl. The summed E-state index contributed by atoms with van der Waals surface area (Å²) in [4.78, 5) is 11.7. The lowest BCUT2D eigenvalue weighted by Gasteiger charge is -2.10. The molecule has 1 aromatic rings. The fourth-order valence-corrected chi connectivity index (χ4v) is 2.31. The third-order valence-electron chi connectivity index (χ3n) is 2.49. The van der Waals surface area contributed by atoms with Crippen molar-refractivity contribution in [2.75, 3.05) is 17.7 Å². The van der Waals surface area contributed by atoms with Crippen LogP contribution in [0.25, 0.3) is 0 Å². The Morgan fingerprint density at radius 3 is 2.89 bits per heavy atom. The average Bonchev–Trinajstić information content (AvgIpc) is 2.32. The second-order valence-corrected chi connectivity index (χ2v) is 5.98. The van der Waals surface area contributed by atoms with Gasteiger partial charge in [0.15, 0.2) is 0 Å². The first kappa shape index (κ1) is 15.3. The number of carbonyl (C=O) groups excluding carboxylic acids is 1. The van der Waals surface area contributed by atoms with Crippen molar-refractivity contribution in [1.29, 1.82) is 0 Å². The molecule has 18 heavy (non-hydrogen) atoms. The Hall–Kier alpha value is -0.710. The largest absolute Gasteiger partial charge is 0.396 e. The first-order valence-corrected chi connectivity index (χ1v) is 7.24. The van der Waals surface area contributed by atoms with Gasteiger partial charge >= 0.3 is 0 Å². The highest BCUT2D eigenvalue weighted by Crippen LogP contribution is 2.20. The van der Waals surface area contributed by atoms with Gasteiger partial charge in [-0.15, -0.1) is 11.8 Å². The Balaban J connectivity index is 2.42. The van der Waals surface area contributed by atoms with Gasteiger partial charge in [-0.05, 0) is 31.0 Å². The topological polar surface area (TPSA) is 49.3 Å². The first-order chi connectivity index (χ1) is 8.52. The van der Waals surface area contributed by atoms with E-state index in [1.807, 2.05) is 26.0 Å². The summed E-state index contributed by atoms with van der Waals surface area (Å²) in [6, 6.07) is 5.46. The Kier molecular flexibility index (Phi) is 6.54. The number of nitrogens with one attached hydrogen (secondary N) is 1. The fourth-order valence-electron chi connectivity index (χ4n) is 1.35. The van der Waals surface area contributed by atoms with Crippen LogP contribution in [0.5, 0.6) is 0 Å². The third-order valence-corrected chi connectivity index (χ3v) is 4.13. The van der Waals surface area contributed by atoms with Crippen molar-refractivity contribution in [3.05, 3.63) is 28.8 Å². The second kappa shape index (κ2) is 7.67. The lowest BCUT2D eigenvalue weighted by Crippen LogP contribution is -2.16. The molecule has 100 valence electrons. The smallest absolute Gasteiger partial charge is 0.234 e. The lowest BCUT2D eigenvalue weighted by molar-refractivity contribution is -0.113. The highest BCUT2D eigenvalue weighted by molar-refractivity contribution is 8.00. The van der Waals surface area contributed by atoms with Gasteiger partial charge in [0, 0.05) is 22.6 Å². The number of rotatable bonds is 6. The summed E-state index contributed by atoms with van der Waals surface area (Å²) in [7, 11) is 0. The monoisotopic (exact) mass is 287 g/mol. The van der Waals surface area contributed by atoms with Gasteiger partial charge in [-0.25, -0.2) is 0 Å². The molecule has 0 spiro atoms. The molecule has 1 amide bonds. The number of benzene rings is 1. The summed E-state index contributed by atoms with van der Waals surface area (Å²) < 4.78 is 0. The molecule has 2 N–H and O–H groups in total. The van der Waals surface area contributed by atoms with Crippen LogP contribution >= 0.6 is 23.4 Å². The van der Waals surface area contributed by atoms with Crippen molar-refractivity contribution in [2.24, 2.45) is 0 Å². The van der Waals surface area contributed by atoms with Crippen molar-refractivity contribution in [2.45, 2.75) is 25.5 Å². The minimum absolute atomic E-state index is 0.0512. The number of hydrogen-bond donors (Lipinski definition) is 2. The van der Waals surface area contributed by atoms with E-state index >= 15 is 0 Å². The van der Waals surface area contributed by atoms with Gasteiger partial charge in [0.05, 0.1) is 5.75 Å². The molecule has 0 radical (unpaired) electrons. The summed E-state index contributed by atoms with van der Waals surface area (Å²) in [5, 5.41) is 12.5.